The Morgan fingerprint density at radius 1 is 1.37 bits per heavy atom. The minimum atomic E-state index is -3.03. The van der Waals surface area contributed by atoms with Crippen LogP contribution < -0.4 is 5.32 Å². The van der Waals surface area contributed by atoms with E-state index in [1.54, 1.807) is 6.07 Å². The molecule has 1 aromatic rings. The van der Waals surface area contributed by atoms with Crippen molar-refractivity contribution in [3.8, 4) is 0 Å². The maximum atomic E-state index is 11.8. The summed E-state index contributed by atoms with van der Waals surface area (Å²) in [6.45, 7) is 0.311. The van der Waals surface area contributed by atoms with Gasteiger partial charge in [-0.2, -0.15) is 0 Å². The Labute approximate surface area is 112 Å². The molecule has 0 aliphatic carbocycles. The molecule has 2 N–H and O–H groups in total. The highest BCUT2D eigenvalue weighted by Gasteiger charge is 2.32. The predicted molar refractivity (Wildman–Crippen MR) is 71.0 cm³/mol. The van der Waals surface area contributed by atoms with Crippen LogP contribution in [-0.2, 0) is 27.8 Å². The van der Waals surface area contributed by atoms with Crippen molar-refractivity contribution in [3.63, 3.8) is 0 Å². The third-order valence-electron chi connectivity index (χ3n) is 3.24. The van der Waals surface area contributed by atoms with Crippen LogP contribution >= 0.6 is 0 Å². The first-order chi connectivity index (χ1) is 9.00. The average Bonchev–Trinajstić information content (AvgIpc) is 2.76. The summed E-state index contributed by atoms with van der Waals surface area (Å²) < 4.78 is 22.6. The van der Waals surface area contributed by atoms with Crippen molar-refractivity contribution in [1.82, 2.24) is 5.32 Å². The van der Waals surface area contributed by atoms with Crippen LogP contribution in [0.2, 0.25) is 0 Å². The lowest BCUT2D eigenvalue weighted by Crippen LogP contribution is -2.30. The second-order valence-electron chi connectivity index (χ2n) is 4.80. The van der Waals surface area contributed by atoms with Gasteiger partial charge in [-0.25, -0.2) is 8.42 Å². The van der Waals surface area contributed by atoms with Crippen LogP contribution in [0.25, 0.3) is 0 Å². The van der Waals surface area contributed by atoms with Gasteiger partial charge in [0.1, 0.15) is 0 Å². The van der Waals surface area contributed by atoms with Crippen LogP contribution in [0.1, 0.15) is 17.5 Å². The van der Waals surface area contributed by atoms with E-state index in [2.05, 4.69) is 5.32 Å². The molecule has 1 unspecified atom stereocenters. The quantitative estimate of drug-likeness (QED) is 0.828. The number of aliphatic hydroxyl groups excluding tert-OH is 1. The molecule has 0 aromatic heterocycles. The van der Waals surface area contributed by atoms with Gasteiger partial charge in [0.25, 0.3) is 0 Å². The van der Waals surface area contributed by atoms with Gasteiger partial charge in [-0.05, 0) is 17.5 Å². The number of aliphatic hydroxyl groups is 1. The number of carbonyl (C=O) groups excluding carboxylic acids is 1. The van der Waals surface area contributed by atoms with Crippen LogP contribution in [0.5, 0.6) is 0 Å². The second-order valence-corrected chi connectivity index (χ2v) is 7.02. The number of benzene rings is 1. The van der Waals surface area contributed by atoms with E-state index >= 15 is 0 Å². The summed E-state index contributed by atoms with van der Waals surface area (Å²) in [5.74, 6) is -0.581. The lowest BCUT2D eigenvalue weighted by molar-refractivity contribution is -0.124. The zero-order valence-corrected chi connectivity index (χ0v) is 11.3. The zero-order chi connectivity index (χ0) is 13.9. The van der Waals surface area contributed by atoms with Gasteiger partial charge in [-0.1, -0.05) is 24.3 Å². The third-order valence-corrected chi connectivity index (χ3v) is 5.01. The molecular weight excluding hydrogens is 266 g/mol. The molecule has 0 radical (unpaired) electrons. The van der Waals surface area contributed by atoms with Crippen molar-refractivity contribution < 1.29 is 18.3 Å². The molecule has 0 spiro atoms. The molecule has 0 saturated carbocycles. The van der Waals surface area contributed by atoms with E-state index in [1.807, 2.05) is 18.2 Å². The maximum Gasteiger partial charge on any atom is 0.224 e. The van der Waals surface area contributed by atoms with Gasteiger partial charge < -0.3 is 10.4 Å². The van der Waals surface area contributed by atoms with Gasteiger partial charge in [0.2, 0.25) is 5.91 Å². The van der Waals surface area contributed by atoms with Crippen LogP contribution in [0.4, 0.5) is 0 Å². The number of hydrogen-bond acceptors (Lipinski definition) is 4. The van der Waals surface area contributed by atoms with Crippen molar-refractivity contribution in [2.24, 2.45) is 5.92 Å². The van der Waals surface area contributed by atoms with E-state index in [0.717, 1.165) is 11.1 Å². The fraction of sp³-hybridized carbons (Fsp3) is 0.462. The van der Waals surface area contributed by atoms with Gasteiger partial charge in [0.15, 0.2) is 9.84 Å². The van der Waals surface area contributed by atoms with Gasteiger partial charge in [0.05, 0.1) is 24.0 Å². The van der Waals surface area contributed by atoms with E-state index in [9.17, 15) is 13.2 Å². The Balaban J connectivity index is 1.90. The predicted octanol–water partition coefficient (Wildman–Crippen LogP) is 0.230. The summed E-state index contributed by atoms with van der Waals surface area (Å²) in [4.78, 5) is 11.8. The summed E-state index contributed by atoms with van der Waals surface area (Å²) in [7, 11) is -3.03. The van der Waals surface area contributed by atoms with E-state index in [-0.39, 0.29) is 24.0 Å². The minimum Gasteiger partial charge on any atom is -0.392 e. The van der Waals surface area contributed by atoms with Gasteiger partial charge in [-0.15, -0.1) is 0 Å². The molecule has 1 atom stereocenters. The Morgan fingerprint density at radius 2 is 2.11 bits per heavy atom. The third kappa shape index (κ3) is 3.78. The Bertz CT molecular complexity index is 568. The molecule has 104 valence electrons. The van der Waals surface area contributed by atoms with Gasteiger partial charge >= 0.3 is 0 Å². The fourth-order valence-electron chi connectivity index (χ4n) is 2.17. The molecule has 6 heteroatoms. The van der Waals surface area contributed by atoms with Crippen molar-refractivity contribution in [3.05, 3.63) is 35.4 Å². The summed E-state index contributed by atoms with van der Waals surface area (Å²) in [5.41, 5.74) is 1.68. The lowest BCUT2D eigenvalue weighted by atomic mass is 10.1. The summed E-state index contributed by atoms with van der Waals surface area (Å²) in [5, 5.41) is 11.8. The molecule has 1 heterocycles. The number of carbonyl (C=O) groups is 1. The molecule has 1 aromatic carbocycles. The second kappa shape index (κ2) is 5.71. The van der Waals surface area contributed by atoms with Gasteiger partial charge in [-0.3, -0.25) is 4.79 Å². The van der Waals surface area contributed by atoms with E-state index in [1.165, 1.54) is 0 Å². The van der Waals surface area contributed by atoms with Crippen LogP contribution in [0.15, 0.2) is 24.3 Å². The molecule has 1 fully saturated rings. The number of rotatable bonds is 4. The first-order valence-corrected chi connectivity index (χ1v) is 7.99. The topological polar surface area (TPSA) is 83.5 Å². The highest BCUT2D eigenvalue weighted by atomic mass is 32.2. The number of amides is 1. The summed E-state index contributed by atoms with van der Waals surface area (Å²) >= 11 is 0. The monoisotopic (exact) mass is 283 g/mol. The molecule has 1 aliphatic rings. The number of hydrogen-bond donors (Lipinski definition) is 2. The lowest BCUT2D eigenvalue weighted by Gasteiger charge is -2.10. The normalized spacial score (nSPS) is 21.2. The first kappa shape index (κ1) is 14.0. The molecule has 1 saturated heterocycles. The highest BCUT2D eigenvalue weighted by Crippen LogP contribution is 2.18. The average molecular weight is 283 g/mol. The van der Waals surface area contributed by atoms with E-state index in [0.29, 0.717) is 13.0 Å². The van der Waals surface area contributed by atoms with Crippen molar-refractivity contribution in [2.75, 3.05) is 11.5 Å². The standard InChI is InChI=1S/C13H17NO4S/c15-8-11-3-1-2-10(6-11)7-14-13(16)12-4-5-19(17,18)9-12/h1-3,6,12,15H,4-5,7-9H2,(H,14,16). The van der Waals surface area contributed by atoms with Crippen molar-refractivity contribution in [2.45, 2.75) is 19.6 Å². The minimum absolute atomic E-state index is 0.0390. The number of nitrogens with one attached hydrogen (secondary N) is 1. The molecular formula is C13H17NO4S. The molecule has 0 bridgehead atoms. The van der Waals surface area contributed by atoms with Crippen LogP contribution in [0.3, 0.4) is 0 Å². The molecule has 1 amide bonds. The smallest absolute Gasteiger partial charge is 0.224 e. The summed E-state index contributed by atoms with van der Waals surface area (Å²) in [6, 6.07) is 7.28. The Morgan fingerprint density at radius 3 is 2.74 bits per heavy atom. The molecule has 19 heavy (non-hydrogen) atoms. The molecule has 2 rings (SSSR count). The fourth-order valence-corrected chi connectivity index (χ4v) is 3.91. The molecule has 5 nitrogen and oxygen atoms in total. The maximum absolute atomic E-state index is 11.8. The molecule has 1 aliphatic heterocycles. The van der Waals surface area contributed by atoms with Crippen LogP contribution in [0, 0.1) is 5.92 Å². The summed E-state index contributed by atoms with van der Waals surface area (Å²) in [6.07, 6.45) is 0.408. The first-order valence-electron chi connectivity index (χ1n) is 6.17. The van der Waals surface area contributed by atoms with E-state index < -0.39 is 15.8 Å². The van der Waals surface area contributed by atoms with Crippen molar-refractivity contribution in [1.29, 1.82) is 0 Å². The van der Waals surface area contributed by atoms with Gasteiger partial charge in [0, 0.05) is 6.54 Å². The highest BCUT2D eigenvalue weighted by molar-refractivity contribution is 7.91. The Hall–Kier alpha value is -1.40. The zero-order valence-electron chi connectivity index (χ0n) is 10.5. The SMILES string of the molecule is O=C(NCc1cccc(CO)c1)C1CCS(=O)(=O)C1. The van der Waals surface area contributed by atoms with Crippen LogP contribution in [-0.4, -0.2) is 30.9 Å². The Kier molecular flexibility index (Phi) is 4.21. The van der Waals surface area contributed by atoms with Crippen molar-refractivity contribution >= 4 is 15.7 Å². The van der Waals surface area contributed by atoms with E-state index in [4.69, 9.17) is 5.11 Å². The number of sulfone groups is 1. The largest absolute Gasteiger partial charge is 0.392 e.